The number of hydrogen-bond donors (Lipinski definition) is 1. The molecule has 0 aliphatic carbocycles. The Labute approximate surface area is 83.2 Å². The van der Waals surface area contributed by atoms with Crippen LogP contribution >= 0.6 is 0 Å². The second kappa shape index (κ2) is 4.26. The molecule has 0 aromatic rings. The molecule has 0 radical (unpaired) electrons. The Morgan fingerprint density at radius 1 is 1.71 bits per heavy atom. The summed E-state index contributed by atoms with van der Waals surface area (Å²) in [5.74, 6) is -0.458. The van der Waals surface area contributed by atoms with Crippen molar-refractivity contribution in [2.75, 3.05) is 13.6 Å². The van der Waals surface area contributed by atoms with Crippen LogP contribution in [0.2, 0.25) is 0 Å². The summed E-state index contributed by atoms with van der Waals surface area (Å²) in [5.41, 5.74) is 0.354. The van der Waals surface area contributed by atoms with E-state index in [0.717, 1.165) is 6.54 Å². The third-order valence-corrected chi connectivity index (χ3v) is 2.52. The summed E-state index contributed by atoms with van der Waals surface area (Å²) in [5, 5.41) is 8.61. The fourth-order valence-corrected chi connectivity index (χ4v) is 1.55. The predicted molar refractivity (Wildman–Crippen MR) is 51.8 cm³/mol. The molecule has 0 saturated carbocycles. The number of likely N-dealkylation sites (tertiary alicyclic amines) is 1. The third kappa shape index (κ3) is 2.58. The highest BCUT2D eigenvalue weighted by Crippen LogP contribution is 2.20. The normalized spacial score (nSPS) is 23.0. The molecule has 1 amide bonds. The molecule has 1 fully saturated rings. The first-order chi connectivity index (χ1) is 6.50. The average Bonchev–Trinajstić information content (AvgIpc) is 2.42. The van der Waals surface area contributed by atoms with Gasteiger partial charge in [-0.2, -0.15) is 0 Å². The maximum atomic E-state index is 11.2. The Morgan fingerprint density at radius 2 is 2.36 bits per heavy atom. The number of carbonyl (C=O) groups is 2. The van der Waals surface area contributed by atoms with Gasteiger partial charge in [0.15, 0.2) is 0 Å². The molecule has 0 aromatic carbocycles. The summed E-state index contributed by atoms with van der Waals surface area (Å²) >= 11 is 0. The van der Waals surface area contributed by atoms with Gasteiger partial charge in [0.1, 0.15) is 0 Å². The molecule has 0 bridgehead atoms. The number of nitrogens with zero attached hydrogens (tertiary/aromatic N) is 1. The summed E-state index contributed by atoms with van der Waals surface area (Å²) in [6.07, 6.45) is 2.91. The second-order valence-electron chi connectivity index (χ2n) is 3.77. The van der Waals surface area contributed by atoms with Crippen LogP contribution in [0.5, 0.6) is 0 Å². The second-order valence-corrected chi connectivity index (χ2v) is 3.77. The minimum Gasteiger partial charge on any atom is -0.478 e. The van der Waals surface area contributed by atoms with Gasteiger partial charge in [0.05, 0.1) is 0 Å². The number of rotatable bonds is 3. The Balaban J connectivity index is 2.44. The molecule has 0 aromatic heterocycles. The van der Waals surface area contributed by atoms with Gasteiger partial charge in [-0.25, -0.2) is 4.79 Å². The smallest absolute Gasteiger partial charge is 0.330 e. The molecule has 78 valence electrons. The van der Waals surface area contributed by atoms with E-state index in [0.29, 0.717) is 18.4 Å². The van der Waals surface area contributed by atoms with Gasteiger partial charge < -0.3 is 10.0 Å². The Kier molecular flexibility index (Phi) is 3.28. The van der Waals surface area contributed by atoms with E-state index in [1.165, 1.54) is 0 Å². The average molecular weight is 197 g/mol. The zero-order chi connectivity index (χ0) is 10.7. The lowest BCUT2D eigenvalue weighted by atomic mass is 10.0. The van der Waals surface area contributed by atoms with E-state index in [2.05, 4.69) is 0 Å². The molecule has 1 rings (SSSR count). The number of carbonyl (C=O) groups excluding carboxylic acids is 1. The van der Waals surface area contributed by atoms with Crippen LogP contribution < -0.4 is 0 Å². The minimum atomic E-state index is -0.886. The first-order valence-electron chi connectivity index (χ1n) is 4.64. The highest BCUT2D eigenvalue weighted by atomic mass is 16.4. The lowest BCUT2D eigenvalue weighted by molar-refractivity contribution is -0.132. The molecule has 1 heterocycles. The highest BCUT2D eigenvalue weighted by molar-refractivity contribution is 5.85. The number of aliphatic carboxylic acids is 1. The largest absolute Gasteiger partial charge is 0.478 e. The molecule has 1 aliphatic rings. The van der Waals surface area contributed by atoms with E-state index in [4.69, 9.17) is 5.11 Å². The Morgan fingerprint density at radius 3 is 2.79 bits per heavy atom. The fourth-order valence-electron chi connectivity index (χ4n) is 1.55. The van der Waals surface area contributed by atoms with Crippen molar-refractivity contribution >= 4 is 11.9 Å². The van der Waals surface area contributed by atoms with Crippen LogP contribution in [0.4, 0.5) is 0 Å². The standard InChI is InChI=1S/C10H15NO3/c1-7(10(13)14)3-4-8-5-9(12)11(2)6-8/h3,8H,4-6H2,1-2H3,(H,13,14). The number of amides is 1. The van der Waals surface area contributed by atoms with E-state index in [1.807, 2.05) is 0 Å². The van der Waals surface area contributed by atoms with Crippen LogP contribution in [0, 0.1) is 5.92 Å². The third-order valence-electron chi connectivity index (χ3n) is 2.52. The van der Waals surface area contributed by atoms with Gasteiger partial charge in [-0.15, -0.1) is 0 Å². The van der Waals surface area contributed by atoms with Crippen molar-refractivity contribution in [3.05, 3.63) is 11.6 Å². The SMILES string of the molecule is CC(=CCC1CC(=O)N(C)C1)C(=O)O. The molecule has 4 nitrogen and oxygen atoms in total. The Bertz CT molecular complexity index is 283. The van der Waals surface area contributed by atoms with Crippen molar-refractivity contribution in [1.29, 1.82) is 0 Å². The van der Waals surface area contributed by atoms with Crippen LogP contribution in [0.1, 0.15) is 19.8 Å². The van der Waals surface area contributed by atoms with Crippen molar-refractivity contribution in [1.82, 2.24) is 4.90 Å². The molecule has 0 spiro atoms. The highest BCUT2D eigenvalue weighted by Gasteiger charge is 2.25. The van der Waals surface area contributed by atoms with Gasteiger partial charge in [-0.1, -0.05) is 6.08 Å². The zero-order valence-electron chi connectivity index (χ0n) is 8.49. The summed E-state index contributed by atoms with van der Waals surface area (Å²) < 4.78 is 0. The van der Waals surface area contributed by atoms with E-state index < -0.39 is 5.97 Å². The summed E-state index contributed by atoms with van der Waals surface area (Å²) in [6.45, 7) is 2.31. The zero-order valence-corrected chi connectivity index (χ0v) is 8.49. The molecule has 1 unspecified atom stereocenters. The molecular weight excluding hydrogens is 182 g/mol. The van der Waals surface area contributed by atoms with E-state index in [-0.39, 0.29) is 11.8 Å². The maximum absolute atomic E-state index is 11.2. The number of carboxylic acid groups (broad SMARTS) is 1. The van der Waals surface area contributed by atoms with Crippen molar-refractivity contribution < 1.29 is 14.7 Å². The van der Waals surface area contributed by atoms with Gasteiger partial charge in [-0.05, 0) is 19.3 Å². The number of allylic oxidation sites excluding steroid dienone is 1. The van der Waals surface area contributed by atoms with Crippen molar-refractivity contribution in [3.63, 3.8) is 0 Å². The summed E-state index contributed by atoms with van der Waals surface area (Å²) in [6, 6.07) is 0. The first-order valence-corrected chi connectivity index (χ1v) is 4.64. The van der Waals surface area contributed by atoms with Crippen LogP contribution in [-0.2, 0) is 9.59 Å². The van der Waals surface area contributed by atoms with E-state index in [9.17, 15) is 9.59 Å². The maximum Gasteiger partial charge on any atom is 0.330 e. The van der Waals surface area contributed by atoms with Gasteiger partial charge >= 0.3 is 5.97 Å². The van der Waals surface area contributed by atoms with Gasteiger partial charge in [0.25, 0.3) is 0 Å². The minimum absolute atomic E-state index is 0.149. The topological polar surface area (TPSA) is 57.6 Å². The lowest BCUT2D eigenvalue weighted by Gasteiger charge is -2.07. The van der Waals surface area contributed by atoms with Gasteiger partial charge in [0.2, 0.25) is 5.91 Å². The molecule has 14 heavy (non-hydrogen) atoms. The van der Waals surface area contributed by atoms with E-state index >= 15 is 0 Å². The van der Waals surface area contributed by atoms with Gasteiger partial charge in [-0.3, -0.25) is 4.79 Å². The molecule has 1 atom stereocenters. The number of hydrogen-bond acceptors (Lipinski definition) is 2. The van der Waals surface area contributed by atoms with Crippen molar-refractivity contribution in [2.45, 2.75) is 19.8 Å². The molecule has 4 heteroatoms. The van der Waals surface area contributed by atoms with Gasteiger partial charge in [0, 0.05) is 25.6 Å². The van der Waals surface area contributed by atoms with E-state index in [1.54, 1.807) is 24.9 Å². The summed E-state index contributed by atoms with van der Waals surface area (Å²) in [7, 11) is 1.77. The van der Waals surface area contributed by atoms with Crippen LogP contribution in [-0.4, -0.2) is 35.5 Å². The predicted octanol–water partition coefficient (Wildman–Crippen LogP) is 0.886. The molecular formula is C10H15NO3. The Hall–Kier alpha value is -1.32. The van der Waals surface area contributed by atoms with Crippen molar-refractivity contribution in [3.8, 4) is 0 Å². The summed E-state index contributed by atoms with van der Waals surface area (Å²) in [4.78, 5) is 23.3. The van der Waals surface area contributed by atoms with Crippen molar-refractivity contribution in [2.24, 2.45) is 5.92 Å². The van der Waals surface area contributed by atoms with Crippen LogP contribution in [0.3, 0.4) is 0 Å². The molecule has 1 saturated heterocycles. The molecule has 1 aliphatic heterocycles. The quantitative estimate of drug-likeness (QED) is 0.683. The first kappa shape index (κ1) is 10.8. The molecule has 1 N–H and O–H groups in total. The lowest BCUT2D eigenvalue weighted by Crippen LogP contribution is -2.18. The fraction of sp³-hybridized carbons (Fsp3) is 0.600. The van der Waals surface area contributed by atoms with Crippen LogP contribution in [0.15, 0.2) is 11.6 Å². The number of carboxylic acids is 1. The monoisotopic (exact) mass is 197 g/mol. The van der Waals surface area contributed by atoms with Crippen LogP contribution in [0.25, 0.3) is 0 Å².